The Balaban J connectivity index is 1.81. The number of rotatable bonds is 5. The van der Waals surface area contributed by atoms with Crippen molar-refractivity contribution in [2.75, 3.05) is 11.9 Å². The molecule has 0 aromatic heterocycles. The summed E-state index contributed by atoms with van der Waals surface area (Å²) in [5.74, 6) is 0.668. The van der Waals surface area contributed by atoms with Crippen molar-refractivity contribution in [3.8, 4) is 16.9 Å². The lowest BCUT2D eigenvalue weighted by Gasteiger charge is -2.11. The Morgan fingerprint density at radius 3 is 2.65 bits per heavy atom. The lowest BCUT2D eigenvalue weighted by atomic mass is 9.97. The van der Waals surface area contributed by atoms with Crippen molar-refractivity contribution in [2.24, 2.45) is 0 Å². The molecule has 1 aliphatic rings. The zero-order valence-corrected chi connectivity index (χ0v) is 15.4. The van der Waals surface area contributed by atoms with Crippen LogP contribution in [0.25, 0.3) is 11.1 Å². The predicted octanol–water partition coefficient (Wildman–Crippen LogP) is 5.40. The number of aryl methyl sites for hydroxylation is 1. The van der Waals surface area contributed by atoms with E-state index in [-0.39, 0.29) is 10.9 Å². The van der Waals surface area contributed by atoms with E-state index in [0.717, 1.165) is 29.9 Å². The van der Waals surface area contributed by atoms with Crippen LogP contribution >= 0.6 is 11.6 Å². The highest BCUT2D eigenvalue weighted by atomic mass is 35.5. The minimum atomic E-state index is -0.316. The molecule has 0 aliphatic carbocycles. The molecule has 132 valence electrons. The fourth-order valence-electron chi connectivity index (χ4n) is 2.98. The maximum Gasteiger partial charge on any atom is 0.257 e. The van der Waals surface area contributed by atoms with Crippen LogP contribution in [0.5, 0.6) is 5.75 Å². The molecule has 4 heteroatoms. The average molecular weight is 366 g/mol. The maximum atomic E-state index is 12.3. The Bertz CT molecular complexity index is 910. The van der Waals surface area contributed by atoms with E-state index < -0.39 is 0 Å². The van der Waals surface area contributed by atoms with Gasteiger partial charge in [-0.25, -0.2) is 0 Å². The van der Waals surface area contributed by atoms with E-state index in [1.165, 1.54) is 23.3 Å². The van der Waals surface area contributed by atoms with Gasteiger partial charge in [-0.3, -0.25) is 4.79 Å². The number of amides is 1. The minimum absolute atomic E-state index is 0.176. The second kappa shape index (κ2) is 7.63. The molecular weight excluding hydrogens is 346 g/mol. The van der Waals surface area contributed by atoms with Crippen molar-refractivity contribution >= 4 is 23.2 Å². The second-order valence-corrected chi connectivity index (χ2v) is 6.58. The molecule has 0 bridgehead atoms. The van der Waals surface area contributed by atoms with Crippen LogP contribution in [-0.2, 0) is 11.2 Å². The summed E-state index contributed by atoms with van der Waals surface area (Å²) in [5, 5.41) is 3.00. The summed E-state index contributed by atoms with van der Waals surface area (Å²) < 4.78 is 5.62. The van der Waals surface area contributed by atoms with Crippen LogP contribution in [0.1, 0.15) is 11.1 Å². The van der Waals surface area contributed by atoms with Gasteiger partial charge in [0.1, 0.15) is 5.75 Å². The highest BCUT2D eigenvalue weighted by Gasteiger charge is 2.15. The van der Waals surface area contributed by atoms with E-state index >= 15 is 0 Å². The standard InChI is InChI=1S/C22H20ClNO2/c1-4-5-19(15(3)23)22(25)24-18-8-6-16(7-9-18)20-13-17-10-11-26-21(17)12-14(20)2/h4-9,12-13H,1,3,10-11H2,2H3,(H,24,25)/b19-5+. The number of allylic oxidation sites excluding steroid dienone is 2. The number of anilines is 1. The SMILES string of the molecule is C=C/C=C(\C(=C)Cl)C(=O)Nc1ccc(-c2cc3c(cc2C)OCC3)cc1. The Hall–Kier alpha value is -2.78. The monoisotopic (exact) mass is 365 g/mol. The molecule has 3 nitrogen and oxygen atoms in total. The van der Waals surface area contributed by atoms with Gasteiger partial charge in [0.25, 0.3) is 5.91 Å². The molecule has 0 saturated carbocycles. The summed E-state index contributed by atoms with van der Waals surface area (Å²) in [6, 6.07) is 12.0. The molecule has 0 atom stereocenters. The van der Waals surface area contributed by atoms with Crippen LogP contribution in [0, 0.1) is 6.92 Å². The van der Waals surface area contributed by atoms with Crippen molar-refractivity contribution in [1.82, 2.24) is 0 Å². The first-order chi connectivity index (χ1) is 12.5. The summed E-state index contributed by atoms with van der Waals surface area (Å²) in [4.78, 5) is 12.3. The molecule has 1 heterocycles. The van der Waals surface area contributed by atoms with E-state index in [1.807, 2.05) is 24.3 Å². The van der Waals surface area contributed by atoms with Crippen molar-refractivity contribution in [2.45, 2.75) is 13.3 Å². The Kier molecular flexibility index (Phi) is 5.29. The van der Waals surface area contributed by atoms with Gasteiger partial charge in [-0.15, -0.1) is 0 Å². The molecule has 1 aliphatic heterocycles. The number of carbonyl (C=O) groups is 1. The number of hydrogen-bond donors (Lipinski definition) is 1. The molecule has 0 radical (unpaired) electrons. The van der Waals surface area contributed by atoms with Crippen LogP contribution in [0.2, 0.25) is 0 Å². The molecule has 26 heavy (non-hydrogen) atoms. The van der Waals surface area contributed by atoms with Gasteiger partial charge in [0.2, 0.25) is 0 Å². The number of carbonyl (C=O) groups excluding carboxylic acids is 1. The fourth-order valence-corrected chi connectivity index (χ4v) is 3.13. The molecule has 2 aromatic rings. The highest BCUT2D eigenvalue weighted by Crippen LogP contribution is 2.34. The Morgan fingerprint density at radius 2 is 2.00 bits per heavy atom. The summed E-state index contributed by atoms with van der Waals surface area (Å²) in [6.07, 6.45) is 3.98. The maximum absolute atomic E-state index is 12.3. The summed E-state index contributed by atoms with van der Waals surface area (Å²) >= 11 is 5.87. The largest absolute Gasteiger partial charge is 0.493 e. The number of fused-ring (bicyclic) bond motifs is 1. The molecule has 1 N–H and O–H groups in total. The predicted molar refractivity (Wildman–Crippen MR) is 108 cm³/mol. The first kappa shape index (κ1) is 18.0. The van der Waals surface area contributed by atoms with Crippen LogP contribution in [0.4, 0.5) is 5.69 Å². The molecule has 0 unspecified atom stereocenters. The zero-order valence-electron chi connectivity index (χ0n) is 14.6. The highest BCUT2D eigenvalue weighted by molar-refractivity contribution is 6.35. The molecule has 2 aromatic carbocycles. The van der Waals surface area contributed by atoms with Gasteiger partial charge >= 0.3 is 0 Å². The van der Waals surface area contributed by atoms with Crippen LogP contribution < -0.4 is 10.1 Å². The van der Waals surface area contributed by atoms with Crippen molar-refractivity contribution < 1.29 is 9.53 Å². The van der Waals surface area contributed by atoms with Crippen LogP contribution in [0.15, 0.2) is 72.3 Å². The first-order valence-electron chi connectivity index (χ1n) is 8.35. The lowest BCUT2D eigenvalue weighted by Crippen LogP contribution is -2.14. The average Bonchev–Trinajstić information content (AvgIpc) is 3.06. The lowest BCUT2D eigenvalue weighted by molar-refractivity contribution is -0.112. The smallest absolute Gasteiger partial charge is 0.257 e. The van der Waals surface area contributed by atoms with Gasteiger partial charge in [-0.05, 0) is 59.5 Å². The van der Waals surface area contributed by atoms with Gasteiger partial charge in [-0.1, -0.05) is 43.0 Å². The number of benzene rings is 2. The molecule has 0 fully saturated rings. The van der Waals surface area contributed by atoms with Gasteiger partial charge in [-0.2, -0.15) is 0 Å². The van der Waals surface area contributed by atoms with Crippen molar-refractivity contribution in [1.29, 1.82) is 0 Å². The third-order valence-electron chi connectivity index (χ3n) is 4.31. The fraction of sp³-hybridized carbons (Fsp3) is 0.136. The van der Waals surface area contributed by atoms with Gasteiger partial charge < -0.3 is 10.1 Å². The Morgan fingerprint density at radius 1 is 1.27 bits per heavy atom. The quantitative estimate of drug-likeness (QED) is 0.569. The molecule has 0 saturated heterocycles. The number of hydrogen-bond acceptors (Lipinski definition) is 2. The zero-order chi connectivity index (χ0) is 18.7. The van der Waals surface area contributed by atoms with Crippen LogP contribution in [0.3, 0.4) is 0 Å². The molecule has 1 amide bonds. The van der Waals surface area contributed by atoms with Crippen LogP contribution in [-0.4, -0.2) is 12.5 Å². The van der Waals surface area contributed by atoms with Gasteiger partial charge in [0.15, 0.2) is 0 Å². The third-order valence-corrected chi connectivity index (χ3v) is 4.52. The normalized spacial score (nSPS) is 12.9. The van der Waals surface area contributed by atoms with E-state index in [0.29, 0.717) is 11.3 Å². The number of halogens is 1. The van der Waals surface area contributed by atoms with E-state index in [1.54, 1.807) is 0 Å². The van der Waals surface area contributed by atoms with Gasteiger partial charge in [0, 0.05) is 17.1 Å². The van der Waals surface area contributed by atoms with E-state index in [2.05, 4.69) is 37.5 Å². The summed E-state index contributed by atoms with van der Waals surface area (Å²) in [5.41, 5.74) is 5.65. The van der Waals surface area contributed by atoms with Crippen molar-refractivity contribution in [3.05, 3.63) is 83.4 Å². The number of nitrogens with one attached hydrogen (secondary N) is 1. The van der Waals surface area contributed by atoms with E-state index in [4.69, 9.17) is 16.3 Å². The number of ether oxygens (including phenoxy) is 1. The Labute approximate surface area is 158 Å². The van der Waals surface area contributed by atoms with Gasteiger partial charge in [0.05, 0.1) is 12.2 Å². The molecule has 3 rings (SSSR count). The molecular formula is C22H20ClNO2. The second-order valence-electron chi connectivity index (χ2n) is 6.13. The van der Waals surface area contributed by atoms with Crippen molar-refractivity contribution in [3.63, 3.8) is 0 Å². The summed E-state index contributed by atoms with van der Waals surface area (Å²) in [6.45, 7) is 10.0. The topological polar surface area (TPSA) is 38.3 Å². The first-order valence-corrected chi connectivity index (χ1v) is 8.73. The van der Waals surface area contributed by atoms with E-state index in [9.17, 15) is 4.79 Å². The third kappa shape index (κ3) is 3.73. The minimum Gasteiger partial charge on any atom is -0.493 e. The summed E-state index contributed by atoms with van der Waals surface area (Å²) in [7, 11) is 0. The molecule has 0 spiro atoms.